The molecule has 31 heavy (non-hydrogen) atoms. The molecule has 1 saturated heterocycles. The topological polar surface area (TPSA) is 66.0 Å². The Bertz CT molecular complexity index is 719. The molecular formula is C24H39IN4O2. The summed E-state index contributed by atoms with van der Waals surface area (Å²) >= 11 is 0. The van der Waals surface area contributed by atoms with Crippen molar-refractivity contribution in [3.8, 4) is 5.75 Å². The second-order valence-corrected chi connectivity index (χ2v) is 8.79. The van der Waals surface area contributed by atoms with Crippen molar-refractivity contribution in [2.24, 2.45) is 10.9 Å². The molecule has 1 aliphatic carbocycles. The van der Waals surface area contributed by atoms with Crippen LogP contribution in [0.4, 0.5) is 0 Å². The number of amides is 1. The number of likely N-dealkylation sites (tertiary alicyclic amines) is 1. The molecule has 0 spiro atoms. The van der Waals surface area contributed by atoms with E-state index in [1.165, 1.54) is 19.3 Å². The second-order valence-electron chi connectivity index (χ2n) is 8.79. The number of halogens is 1. The van der Waals surface area contributed by atoms with Gasteiger partial charge in [0, 0.05) is 31.6 Å². The predicted molar refractivity (Wildman–Crippen MR) is 137 cm³/mol. The van der Waals surface area contributed by atoms with E-state index in [4.69, 9.17) is 9.73 Å². The second kappa shape index (κ2) is 13.1. The minimum absolute atomic E-state index is 0. The molecule has 3 rings (SSSR count). The molecule has 2 fully saturated rings. The first-order valence-corrected chi connectivity index (χ1v) is 11.6. The Kier molecular flexibility index (Phi) is 10.9. The number of hydrogen-bond donors (Lipinski definition) is 2. The third-order valence-electron chi connectivity index (χ3n) is 5.85. The summed E-state index contributed by atoms with van der Waals surface area (Å²) in [6.45, 7) is 8.94. The summed E-state index contributed by atoms with van der Waals surface area (Å²) in [7, 11) is 0. The summed E-state index contributed by atoms with van der Waals surface area (Å²) < 4.78 is 6.19. The smallest absolute Gasteiger partial charge is 0.225 e. The molecule has 174 valence electrons. The normalized spacial score (nSPS) is 19.8. The third kappa shape index (κ3) is 8.16. The van der Waals surface area contributed by atoms with E-state index in [0.29, 0.717) is 12.6 Å². The van der Waals surface area contributed by atoms with Crippen LogP contribution in [0.3, 0.4) is 0 Å². The molecule has 0 bridgehead atoms. The van der Waals surface area contributed by atoms with E-state index in [2.05, 4.69) is 35.8 Å². The monoisotopic (exact) mass is 542 g/mol. The maximum Gasteiger partial charge on any atom is 0.225 e. The Morgan fingerprint density at radius 2 is 2.00 bits per heavy atom. The maximum absolute atomic E-state index is 12.2. The number of nitrogens with zero attached hydrogens (tertiary/aromatic N) is 2. The van der Waals surface area contributed by atoms with Crippen LogP contribution in [0, 0.1) is 5.92 Å². The van der Waals surface area contributed by atoms with Crippen molar-refractivity contribution < 1.29 is 9.53 Å². The van der Waals surface area contributed by atoms with Crippen molar-refractivity contribution in [2.75, 3.05) is 19.6 Å². The van der Waals surface area contributed by atoms with Gasteiger partial charge < -0.3 is 20.3 Å². The van der Waals surface area contributed by atoms with E-state index < -0.39 is 0 Å². The standard InChI is InChI=1S/C24H38N4O2.HI/c1-4-25-24(27-20-13-14-28(17-20)23(29)18(2)3)26-16-19-9-8-12-22(15-19)30-21-10-6-5-7-11-21;/h8-9,12,15,18,20-21H,4-7,10-11,13-14,16-17H2,1-3H3,(H2,25,26,27);1H. The highest BCUT2D eigenvalue weighted by Crippen LogP contribution is 2.24. The first-order chi connectivity index (χ1) is 14.5. The van der Waals surface area contributed by atoms with Crippen molar-refractivity contribution in [3.63, 3.8) is 0 Å². The van der Waals surface area contributed by atoms with Gasteiger partial charge in [-0.05, 0) is 56.7 Å². The van der Waals surface area contributed by atoms with Crippen LogP contribution in [0.15, 0.2) is 29.3 Å². The summed E-state index contributed by atoms with van der Waals surface area (Å²) in [5, 5.41) is 6.84. The molecule has 1 aromatic rings. The van der Waals surface area contributed by atoms with Gasteiger partial charge >= 0.3 is 0 Å². The Morgan fingerprint density at radius 1 is 1.23 bits per heavy atom. The van der Waals surface area contributed by atoms with Crippen LogP contribution in [0.5, 0.6) is 5.75 Å². The minimum atomic E-state index is 0. The largest absolute Gasteiger partial charge is 0.490 e. The van der Waals surface area contributed by atoms with Gasteiger partial charge in [0.2, 0.25) is 5.91 Å². The molecule has 2 N–H and O–H groups in total. The number of aliphatic imine (C=N–C) groups is 1. The molecule has 1 saturated carbocycles. The van der Waals surface area contributed by atoms with Gasteiger partial charge in [-0.3, -0.25) is 4.79 Å². The summed E-state index contributed by atoms with van der Waals surface area (Å²) in [4.78, 5) is 19.0. The summed E-state index contributed by atoms with van der Waals surface area (Å²) in [6, 6.07) is 8.55. The molecule has 1 aromatic carbocycles. The van der Waals surface area contributed by atoms with Gasteiger partial charge in [-0.15, -0.1) is 24.0 Å². The molecule has 1 amide bonds. The number of benzene rings is 1. The van der Waals surface area contributed by atoms with Gasteiger partial charge in [0.05, 0.1) is 12.6 Å². The quantitative estimate of drug-likeness (QED) is 0.306. The highest BCUT2D eigenvalue weighted by molar-refractivity contribution is 14.0. The maximum atomic E-state index is 12.2. The van der Waals surface area contributed by atoms with Crippen molar-refractivity contribution in [2.45, 2.75) is 78.0 Å². The van der Waals surface area contributed by atoms with E-state index in [9.17, 15) is 4.79 Å². The zero-order chi connectivity index (χ0) is 21.3. The van der Waals surface area contributed by atoms with E-state index >= 15 is 0 Å². The molecule has 2 aliphatic rings. The average molecular weight is 543 g/mol. The van der Waals surface area contributed by atoms with Crippen molar-refractivity contribution in [1.29, 1.82) is 0 Å². The first-order valence-electron chi connectivity index (χ1n) is 11.6. The summed E-state index contributed by atoms with van der Waals surface area (Å²) in [5.74, 6) is 2.04. The van der Waals surface area contributed by atoms with Crippen molar-refractivity contribution in [3.05, 3.63) is 29.8 Å². The van der Waals surface area contributed by atoms with Gasteiger partial charge in [-0.1, -0.05) is 32.4 Å². The average Bonchev–Trinajstić information content (AvgIpc) is 3.21. The van der Waals surface area contributed by atoms with Crippen LogP contribution in [0.25, 0.3) is 0 Å². The van der Waals surface area contributed by atoms with Crippen LogP contribution >= 0.6 is 24.0 Å². The zero-order valence-electron chi connectivity index (χ0n) is 19.2. The number of nitrogens with one attached hydrogen (secondary N) is 2. The number of guanidine groups is 1. The zero-order valence-corrected chi connectivity index (χ0v) is 21.6. The van der Waals surface area contributed by atoms with Crippen molar-refractivity contribution in [1.82, 2.24) is 15.5 Å². The number of hydrogen-bond acceptors (Lipinski definition) is 3. The van der Waals surface area contributed by atoms with Crippen LogP contribution < -0.4 is 15.4 Å². The first kappa shape index (κ1) is 25.7. The molecule has 1 heterocycles. The lowest BCUT2D eigenvalue weighted by atomic mass is 9.98. The predicted octanol–water partition coefficient (Wildman–Crippen LogP) is 4.33. The summed E-state index contributed by atoms with van der Waals surface area (Å²) in [6.07, 6.45) is 7.51. The fourth-order valence-corrected chi connectivity index (χ4v) is 4.22. The van der Waals surface area contributed by atoms with E-state index in [-0.39, 0.29) is 41.8 Å². The Balaban J connectivity index is 0.00000341. The van der Waals surface area contributed by atoms with Crippen LogP contribution in [-0.2, 0) is 11.3 Å². The molecule has 1 unspecified atom stereocenters. The number of ether oxygens (including phenoxy) is 1. The lowest BCUT2D eigenvalue weighted by Gasteiger charge is -2.23. The molecule has 6 nitrogen and oxygen atoms in total. The Morgan fingerprint density at radius 3 is 2.71 bits per heavy atom. The fraction of sp³-hybridized carbons (Fsp3) is 0.667. The van der Waals surface area contributed by atoms with Gasteiger partial charge in [-0.2, -0.15) is 0 Å². The lowest BCUT2D eigenvalue weighted by molar-refractivity contribution is -0.133. The van der Waals surface area contributed by atoms with Gasteiger partial charge in [-0.25, -0.2) is 4.99 Å². The minimum Gasteiger partial charge on any atom is -0.490 e. The van der Waals surface area contributed by atoms with Crippen LogP contribution in [-0.4, -0.2) is 48.5 Å². The van der Waals surface area contributed by atoms with Crippen LogP contribution in [0.2, 0.25) is 0 Å². The fourth-order valence-electron chi connectivity index (χ4n) is 4.22. The third-order valence-corrected chi connectivity index (χ3v) is 5.85. The van der Waals surface area contributed by atoms with E-state index in [1.807, 2.05) is 24.8 Å². The lowest BCUT2D eigenvalue weighted by Crippen LogP contribution is -2.45. The molecule has 1 atom stereocenters. The van der Waals surface area contributed by atoms with Gasteiger partial charge in [0.1, 0.15) is 5.75 Å². The Labute approximate surface area is 204 Å². The molecular weight excluding hydrogens is 503 g/mol. The van der Waals surface area contributed by atoms with E-state index in [1.54, 1.807) is 0 Å². The summed E-state index contributed by atoms with van der Waals surface area (Å²) in [5.41, 5.74) is 1.14. The van der Waals surface area contributed by atoms with Gasteiger partial charge in [0.15, 0.2) is 5.96 Å². The highest BCUT2D eigenvalue weighted by Gasteiger charge is 2.27. The molecule has 0 radical (unpaired) electrons. The highest BCUT2D eigenvalue weighted by atomic mass is 127. The number of carbonyl (C=O) groups is 1. The Hall–Kier alpha value is -1.51. The molecule has 7 heteroatoms. The van der Waals surface area contributed by atoms with Crippen molar-refractivity contribution >= 4 is 35.8 Å². The molecule has 0 aromatic heterocycles. The van der Waals surface area contributed by atoms with Crippen LogP contribution in [0.1, 0.15) is 64.9 Å². The number of rotatable bonds is 7. The van der Waals surface area contributed by atoms with Gasteiger partial charge in [0.25, 0.3) is 0 Å². The van der Waals surface area contributed by atoms with E-state index in [0.717, 1.165) is 56.2 Å². The molecule has 1 aliphatic heterocycles. The number of carbonyl (C=O) groups excluding carboxylic acids is 1. The SMILES string of the molecule is CCNC(=NCc1cccc(OC2CCCCC2)c1)NC1CCN(C(=O)C(C)C)C1.I.